The molecule has 0 saturated heterocycles. The van der Waals surface area contributed by atoms with Gasteiger partial charge in [0.05, 0.1) is 16.2 Å². The summed E-state index contributed by atoms with van der Waals surface area (Å²) in [6, 6.07) is 4.51. The minimum absolute atomic E-state index is 0.0576. The molecule has 3 rings (SSSR count). The number of hydrogen-bond donors (Lipinski definition) is 1. The van der Waals surface area contributed by atoms with Crippen molar-refractivity contribution in [1.82, 2.24) is 9.78 Å². The summed E-state index contributed by atoms with van der Waals surface area (Å²) in [7, 11) is 0. The standard InChI is InChI=1S/C17H20N4O3S/c1-10-5-6-11(7-14(10)21(23)24)16(22)18-15-12-8-25-9-13(12)19-20(15)17(2,3)4/h5-7H,8-9H2,1-4H3,(H,18,22). The van der Waals surface area contributed by atoms with E-state index in [2.05, 4.69) is 10.4 Å². The van der Waals surface area contributed by atoms with Crippen LogP contribution in [0.25, 0.3) is 0 Å². The molecule has 2 heterocycles. The molecule has 0 spiro atoms. The van der Waals surface area contributed by atoms with Crippen molar-refractivity contribution in [1.29, 1.82) is 0 Å². The Morgan fingerprint density at radius 1 is 1.36 bits per heavy atom. The Kier molecular flexibility index (Phi) is 4.32. The number of hydrogen-bond acceptors (Lipinski definition) is 5. The van der Waals surface area contributed by atoms with Crippen LogP contribution in [0.5, 0.6) is 0 Å². The van der Waals surface area contributed by atoms with E-state index in [1.54, 1.807) is 30.8 Å². The molecular formula is C17H20N4O3S. The first-order chi connectivity index (χ1) is 11.7. The second-order valence-corrected chi connectivity index (χ2v) is 8.05. The molecule has 0 bridgehead atoms. The van der Waals surface area contributed by atoms with Crippen molar-refractivity contribution in [3.8, 4) is 0 Å². The number of amides is 1. The van der Waals surface area contributed by atoms with Crippen LogP contribution in [-0.4, -0.2) is 20.6 Å². The van der Waals surface area contributed by atoms with Crippen molar-refractivity contribution in [2.24, 2.45) is 0 Å². The molecule has 1 amide bonds. The van der Waals surface area contributed by atoms with E-state index in [0.717, 1.165) is 22.8 Å². The van der Waals surface area contributed by atoms with Gasteiger partial charge in [-0.3, -0.25) is 14.9 Å². The largest absolute Gasteiger partial charge is 0.306 e. The number of anilines is 1. The number of carbonyl (C=O) groups excluding carboxylic acids is 1. The second-order valence-electron chi connectivity index (χ2n) is 7.06. The van der Waals surface area contributed by atoms with Crippen LogP contribution >= 0.6 is 11.8 Å². The lowest BCUT2D eigenvalue weighted by atomic mass is 10.1. The summed E-state index contributed by atoms with van der Waals surface area (Å²) in [4.78, 5) is 23.3. The number of nitrogens with one attached hydrogen (secondary N) is 1. The molecule has 0 fully saturated rings. The van der Waals surface area contributed by atoms with E-state index in [4.69, 9.17) is 0 Å². The minimum Gasteiger partial charge on any atom is -0.306 e. The van der Waals surface area contributed by atoms with Crippen molar-refractivity contribution in [2.75, 3.05) is 5.32 Å². The highest BCUT2D eigenvalue weighted by atomic mass is 32.2. The smallest absolute Gasteiger partial charge is 0.273 e. The average Bonchev–Trinajstić information content (AvgIpc) is 3.09. The molecule has 1 N–H and O–H groups in total. The maximum Gasteiger partial charge on any atom is 0.273 e. The lowest BCUT2D eigenvalue weighted by molar-refractivity contribution is -0.385. The van der Waals surface area contributed by atoms with Crippen LogP contribution in [0.3, 0.4) is 0 Å². The van der Waals surface area contributed by atoms with Crippen LogP contribution in [0.1, 0.15) is 48.0 Å². The van der Waals surface area contributed by atoms with E-state index in [9.17, 15) is 14.9 Å². The first-order valence-corrected chi connectivity index (χ1v) is 9.09. The zero-order valence-electron chi connectivity index (χ0n) is 14.6. The second kappa shape index (κ2) is 6.18. The summed E-state index contributed by atoms with van der Waals surface area (Å²) >= 11 is 1.76. The Bertz CT molecular complexity index is 868. The quantitative estimate of drug-likeness (QED) is 0.663. The lowest BCUT2D eigenvalue weighted by Gasteiger charge is -2.23. The van der Waals surface area contributed by atoms with Gasteiger partial charge in [-0.25, -0.2) is 4.68 Å². The van der Waals surface area contributed by atoms with E-state index in [1.807, 2.05) is 25.5 Å². The van der Waals surface area contributed by atoms with Gasteiger partial charge in [0, 0.05) is 34.3 Å². The van der Waals surface area contributed by atoms with Crippen molar-refractivity contribution in [2.45, 2.75) is 44.7 Å². The number of aromatic nitrogens is 2. The molecule has 7 nitrogen and oxygen atoms in total. The highest BCUT2D eigenvalue weighted by Crippen LogP contribution is 2.37. The molecule has 0 aliphatic carbocycles. The molecule has 0 saturated carbocycles. The number of aryl methyl sites for hydroxylation is 1. The number of carbonyl (C=O) groups is 1. The van der Waals surface area contributed by atoms with Crippen molar-refractivity contribution in [3.63, 3.8) is 0 Å². The maximum atomic E-state index is 12.7. The van der Waals surface area contributed by atoms with Crippen LogP contribution in [0.4, 0.5) is 11.5 Å². The van der Waals surface area contributed by atoms with Gasteiger partial charge in [-0.15, -0.1) is 0 Å². The van der Waals surface area contributed by atoms with E-state index in [1.165, 1.54) is 6.07 Å². The zero-order chi connectivity index (χ0) is 18.4. The summed E-state index contributed by atoms with van der Waals surface area (Å²) in [5.74, 6) is 1.95. The Labute approximate surface area is 149 Å². The third kappa shape index (κ3) is 3.26. The molecule has 25 heavy (non-hydrogen) atoms. The number of rotatable bonds is 3. The monoisotopic (exact) mass is 360 g/mol. The summed E-state index contributed by atoms with van der Waals surface area (Å²) in [6.07, 6.45) is 0. The van der Waals surface area contributed by atoms with Gasteiger partial charge in [0.25, 0.3) is 11.6 Å². The van der Waals surface area contributed by atoms with Gasteiger partial charge in [0.2, 0.25) is 0 Å². The fraction of sp³-hybridized carbons (Fsp3) is 0.412. The molecule has 1 aliphatic heterocycles. The molecule has 1 aromatic heterocycles. The molecule has 0 radical (unpaired) electrons. The van der Waals surface area contributed by atoms with Crippen molar-refractivity contribution >= 4 is 29.2 Å². The molecule has 8 heteroatoms. The molecule has 1 aliphatic rings. The number of thioether (sulfide) groups is 1. The van der Waals surface area contributed by atoms with Crippen LogP contribution in [0.2, 0.25) is 0 Å². The number of fused-ring (bicyclic) bond motifs is 1. The number of benzene rings is 1. The Balaban J connectivity index is 1.97. The Hall–Kier alpha value is -2.35. The van der Waals surface area contributed by atoms with Crippen LogP contribution in [-0.2, 0) is 17.0 Å². The Morgan fingerprint density at radius 2 is 2.08 bits per heavy atom. The summed E-state index contributed by atoms with van der Waals surface area (Å²) in [6.45, 7) is 7.72. The van der Waals surface area contributed by atoms with Crippen molar-refractivity contribution in [3.05, 3.63) is 50.7 Å². The fourth-order valence-corrected chi connectivity index (χ4v) is 3.79. The highest BCUT2D eigenvalue weighted by molar-refractivity contribution is 7.98. The van der Waals surface area contributed by atoms with E-state index in [-0.39, 0.29) is 22.7 Å². The predicted octanol–water partition coefficient (Wildman–Crippen LogP) is 3.85. The van der Waals surface area contributed by atoms with Gasteiger partial charge in [-0.2, -0.15) is 16.9 Å². The van der Waals surface area contributed by atoms with E-state index in [0.29, 0.717) is 11.4 Å². The van der Waals surface area contributed by atoms with Gasteiger partial charge in [-0.1, -0.05) is 6.07 Å². The topological polar surface area (TPSA) is 90.1 Å². The van der Waals surface area contributed by atoms with Gasteiger partial charge in [-0.05, 0) is 33.8 Å². The van der Waals surface area contributed by atoms with E-state index >= 15 is 0 Å². The van der Waals surface area contributed by atoms with Gasteiger partial charge in [0.1, 0.15) is 5.82 Å². The average molecular weight is 360 g/mol. The summed E-state index contributed by atoms with van der Waals surface area (Å²) in [5, 5.41) is 18.7. The third-order valence-corrected chi connectivity index (χ3v) is 5.06. The summed E-state index contributed by atoms with van der Waals surface area (Å²) in [5.41, 5.74) is 2.48. The van der Waals surface area contributed by atoms with Crippen LogP contribution in [0.15, 0.2) is 18.2 Å². The number of nitrogens with zero attached hydrogens (tertiary/aromatic N) is 3. The molecule has 2 aromatic rings. The predicted molar refractivity (Wildman–Crippen MR) is 98.0 cm³/mol. The van der Waals surface area contributed by atoms with E-state index < -0.39 is 4.92 Å². The lowest BCUT2D eigenvalue weighted by Crippen LogP contribution is -2.27. The van der Waals surface area contributed by atoms with Gasteiger partial charge in [0.15, 0.2) is 0 Å². The molecule has 0 unspecified atom stereocenters. The SMILES string of the molecule is Cc1ccc(C(=O)Nc2c3c(nn2C(C)(C)C)CSC3)cc1[N+](=O)[O-]. The third-order valence-electron chi connectivity index (χ3n) is 4.09. The zero-order valence-corrected chi connectivity index (χ0v) is 15.4. The fourth-order valence-electron chi connectivity index (χ4n) is 2.75. The molecule has 132 valence electrons. The van der Waals surface area contributed by atoms with Crippen LogP contribution in [0, 0.1) is 17.0 Å². The Morgan fingerprint density at radius 3 is 2.72 bits per heavy atom. The molecule has 1 aromatic carbocycles. The minimum atomic E-state index is -0.472. The summed E-state index contributed by atoms with van der Waals surface area (Å²) < 4.78 is 1.83. The highest BCUT2D eigenvalue weighted by Gasteiger charge is 2.29. The number of nitro benzene ring substituents is 1. The normalized spacial score (nSPS) is 13.6. The van der Waals surface area contributed by atoms with Crippen molar-refractivity contribution < 1.29 is 9.72 Å². The van der Waals surface area contributed by atoms with Gasteiger partial charge >= 0.3 is 0 Å². The first-order valence-electron chi connectivity index (χ1n) is 7.94. The number of nitro groups is 1. The first kappa shape index (κ1) is 17.5. The molecule has 0 atom stereocenters. The molecular weight excluding hydrogens is 340 g/mol. The maximum absolute atomic E-state index is 12.7. The van der Waals surface area contributed by atoms with Gasteiger partial charge < -0.3 is 5.32 Å². The van der Waals surface area contributed by atoms with Crippen LogP contribution < -0.4 is 5.32 Å².